The van der Waals surface area contributed by atoms with Crippen molar-refractivity contribution in [3.05, 3.63) is 29.8 Å². The van der Waals surface area contributed by atoms with Crippen molar-refractivity contribution in [2.24, 2.45) is 5.92 Å². The average Bonchev–Trinajstić information content (AvgIpc) is 2.48. The van der Waals surface area contributed by atoms with E-state index in [4.69, 9.17) is 0 Å². The van der Waals surface area contributed by atoms with E-state index in [2.05, 4.69) is 10.6 Å². The zero-order valence-electron chi connectivity index (χ0n) is 13.3. The Labute approximate surface area is 128 Å². The number of carbonyl (C=O) groups is 1. The molecule has 1 aromatic carbocycles. The molecule has 116 valence electrons. The Morgan fingerprint density at radius 2 is 1.81 bits per heavy atom. The van der Waals surface area contributed by atoms with Crippen LogP contribution in [0.4, 0.5) is 5.69 Å². The van der Waals surface area contributed by atoms with Crippen LogP contribution in [0.2, 0.25) is 0 Å². The Balaban J connectivity index is 1.75. The predicted molar refractivity (Wildman–Crippen MR) is 88.7 cm³/mol. The van der Waals surface area contributed by atoms with Crippen LogP contribution in [0, 0.1) is 5.92 Å². The maximum atomic E-state index is 11.9. The van der Waals surface area contributed by atoms with E-state index in [0.29, 0.717) is 0 Å². The van der Waals surface area contributed by atoms with E-state index in [0.717, 1.165) is 23.7 Å². The number of amides is 1. The van der Waals surface area contributed by atoms with Gasteiger partial charge in [-0.1, -0.05) is 32.1 Å². The highest BCUT2D eigenvalue weighted by molar-refractivity contribution is 5.94. The highest BCUT2D eigenvalue weighted by Crippen LogP contribution is 2.26. The van der Waals surface area contributed by atoms with Crippen molar-refractivity contribution >= 4 is 11.6 Å². The fourth-order valence-corrected chi connectivity index (χ4v) is 2.98. The summed E-state index contributed by atoms with van der Waals surface area (Å²) >= 11 is 0. The molecule has 2 N–H and O–H groups in total. The number of rotatable bonds is 6. The summed E-state index contributed by atoms with van der Waals surface area (Å²) in [6.45, 7) is 4.97. The quantitative estimate of drug-likeness (QED) is 0.823. The molecule has 2 rings (SSSR count). The molecule has 0 aromatic heterocycles. The monoisotopic (exact) mass is 288 g/mol. The standard InChI is InChI=1S/C18H28N2O/c1-14(2)20-18(21)16-8-10-17(11-9-16)19-13-12-15-6-4-3-5-7-15/h8-11,14-15,19H,3-7,12-13H2,1-2H3,(H,20,21). The Morgan fingerprint density at radius 3 is 2.43 bits per heavy atom. The topological polar surface area (TPSA) is 41.1 Å². The second-order valence-corrected chi connectivity index (χ2v) is 6.43. The second-order valence-electron chi connectivity index (χ2n) is 6.43. The van der Waals surface area contributed by atoms with E-state index in [9.17, 15) is 4.79 Å². The lowest BCUT2D eigenvalue weighted by Crippen LogP contribution is -2.29. The van der Waals surface area contributed by atoms with Crippen LogP contribution < -0.4 is 10.6 Å². The van der Waals surface area contributed by atoms with Crippen molar-refractivity contribution in [3.8, 4) is 0 Å². The molecule has 3 nitrogen and oxygen atoms in total. The zero-order chi connectivity index (χ0) is 15.1. The molecular formula is C18H28N2O. The molecular weight excluding hydrogens is 260 g/mol. The third-order valence-electron chi connectivity index (χ3n) is 4.17. The molecule has 1 amide bonds. The molecule has 1 aliphatic carbocycles. The third kappa shape index (κ3) is 5.41. The highest BCUT2D eigenvalue weighted by Gasteiger charge is 2.12. The molecule has 3 heteroatoms. The van der Waals surface area contributed by atoms with E-state index >= 15 is 0 Å². The van der Waals surface area contributed by atoms with Crippen LogP contribution in [0.5, 0.6) is 0 Å². The number of benzene rings is 1. The number of hydrogen-bond acceptors (Lipinski definition) is 2. The number of carbonyl (C=O) groups excluding carboxylic acids is 1. The van der Waals surface area contributed by atoms with Gasteiger partial charge in [-0.2, -0.15) is 0 Å². The van der Waals surface area contributed by atoms with E-state index in [1.54, 1.807) is 0 Å². The molecule has 21 heavy (non-hydrogen) atoms. The van der Waals surface area contributed by atoms with E-state index in [1.807, 2.05) is 38.1 Å². The van der Waals surface area contributed by atoms with Crippen molar-refractivity contribution in [1.29, 1.82) is 0 Å². The van der Waals surface area contributed by atoms with Gasteiger partial charge < -0.3 is 10.6 Å². The van der Waals surface area contributed by atoms with Crippen molar-refractivity contribution in [2.45, 2.75) is 58.4 Å². The summed E-state index contributed by atoms with van der Waals surface area (Å²) in [4.78, 5) is 11.9. The molecule has 0 radical (unpaired) electrons. The lowest BCUT2D eigenvalue weighted by molar-refractivity contribution is 0.0943. The first-order valence-corrected chi connectivity index (χ1v) is 8.30. The van der Waals surface area contributed by atoms with Gasteiger partial charge in [0, 0.05) is 23.8 Å². The lowest BCUT2D eigenvalue weighted by atomic mass is 9.87. The maximum absolute atomic E-state index is 11.9. The number of nitrogens with one attached hydrogen (secondary N) is 2. The van der Waals surface area contributed by atoms with Crippen molar-refractivity contribution in [1.82, 2.24) is 5.32 Å². The average molecular weight is 288 g/mol. The molecule has 0 bridgehead atoms. The SMILES string of the molecule is CC(C)NC(=O)c1ccc(NCCC2CCCCC2)cc1. The molecule has 0 unspecified atom stereocenters. The van der Waals surface area contributed by atoms with Crippen molar-refractivity contribution < 1.29 is 4.79 Å². The van der Waals surface area contributed by atoms with E-state index in [-0.39, 0.29) is 11.9 Å². The lowest BCUT2D eigenvalue weighted by Gasteiger charge is -2.21. The molecule has 0 aliphatic heterocycles. The van der Waals surface area contributed by atoms with Crippen LogP contribution in [-0.4, -0.2) is 18.5 Å². The van der Waals surface area contributed by atoms with Crippen LogP contribution in [0.15, 0.2) is 24.3 Å². The Bertz CT molecular complexity index is 433. The van der Waals surface area contributed by atoms with E-state index in [1.165, 1.54) is 38.5 Å². The first-order valence-electron chi connectivity index (χ1n) is 8.30. The van der Waals surface area contributed by atoms with Gasteiger partial charge in [0.05, 0.1) is 0 Å². The fraction of sp³-hybridized carbons (Fsp3) is 0.611. The van der Waals surface area contributed by atoms with Gasteiger partial charge in [0.15, 0.2) is 0 Å². The normalized spacial score (nSPS) is 16.0. The molecule has 0 saturated heterocycles. The van der Waals surface area contributed by atoms with Gasteiger partial charge in [-0.3, -0.25) is 4.79 Å². The number of hydrogen-bond donors (Lipinski definition) is 2. The Morgan fingerprint density at radius 1 is 1.14 bits per heavy atom. The molecule has 1 aliphatic rings. The van der Waals surface area contributed by atoms with Crippen LogP contribution in [0.3, 0.4) is 0 Å². The van der Waals surface area contributed by atoms with Gasteiger partial charge in [-0.25, -0.2) is 0 Å². The summed E-state index contributed by atoms with van der Waals surface area (Å²) in [7, 11) is 0. The largest absolute Gasteiger partial charge is 0.385 e. The van der Waals surface area contributed by atoms with Gasteiger partial charge in [0.25, 0.3) is 5.91 Å². The van der Waals surface area contributed by atoms with Gasteiger partial charge in [0.1, 0.15) is 0 Å². The summed E-state index contributed by atoms with van der Waals surface area (Å²) in [5.74, 6) is 0.904. The number of anilines is 1. The zero-order valence-corrected chi connectivity index (χ0v) is 13.3. The highest BCUT2D eigenvalue weighted by atomic mass is 16.1. The summed E-state index contributed by atoms with van der Waals surface area (Å²) < 4.78 is 0. The van der Waals surface area contributed by atoms with Gasteiger partial charge >= 0.3 is 0 Å². The van der Waals surface area contributed by atoms with Crippen molar-refractivity contribution in [3.63, 3.8) is 0 Å². The fourth-order valence-electron chi connectivity index (χ4n) is 2.98. The van der Waals surface area contributed by atoms with Crippen LogP contribution >= 0.6 is 0 Å². The van der Waals surface area contributed by atoms with Crippen molar-refractivity contribution in [2.75, 3.05) is 11.9 Å². The van der Waals surface area contributed by atoms with E-state index < -0.39 is 0 Å². The molecule has 1 saturated carbocycles. The first kappa shape index (κ1) is 15.9. The van der Waals surface area contributed by atoms with Crippen LogP contribution in [0.1, 0.15) is 62.7 Å². The summed E-state index contributed by atoms with van der Waals surface area (Å²) in [5.41, 5.74) is 1.83. The summed E-state index contributed by atoms with van der Waals surface area (Å²) in [6, 6.07) is 7.94. The maximum Gasteiger partial charge on any atom is 0.251 e. The minimum atomic E-state index is -0.00115. The third-order valence-corrected chi connectivity index (χ3v) is 4.17. The van der Waals surface area contributed by atoms with Crippen LogP contribution in [-0.2, 0) is 0 Å². The molecule has 1 aromatic rings. The summed E-state index contributed by atoms with van der Waals surface area (Å²) in [6.07, 6.45) is 8.29. The molecule has 0 heterocycles. The molecule has 0 spiro atoms. The van der Waals surface area contributed by atoms with Gasteiger partial charge in [0.2, 0.25) is 0 Å². The molecule has 1 fully saturated rings. The predicted octanol–water partition coefficient (Wildman–Crippen LogP) is 4.21. The van der Waals surface area contributed by atoms with Gasteiger partial charge in [-0.05, 0) is 50.5 Å². The second kappa shape index (κ2) is 8.06. The Kier molecular flexibility index (Phi) is 6.09. The minimum absolute atomic E-state index is 0.00115. The first-order chi connectivity index (χ1) is 10.1. The minimum Gasteiger partial charge on any atom is -0.385 e. The summed E-state index contributed by atoms with van der Waals surface area (Å²) in [5, 5.41) is 6.37. The Hall–Kier alpha value is -1.51. The molecule has 0 atom stereocenters. The van der Waals surface area contributed by atoms with Gasteiger partial charge in [-0.15, -0.1) is 0 Å². The smallest absolute Gasteiger partial charge is 0.251 e. The van der Waals surface area contributed by atoms with Crippen LogP contribution in [0.25, 0.3) is 0 Å².